The van der Waals surface area contributed by atoms with Crippen LogP contribution in [0.1, 0.15) is 16.7 Å². The Balaban J connectivity index is 1.85. The van der Waals surface area contributed by atoms with Crippen molar-refractivity contribution < 1.29 is 13.2 Å². The zero-order valence-corrected chi connectivity index (χ0v) is 12.9. The van der Waals surface area contributed by atoms with Gasteiger partial charge in [0.25, 0.3) is 0 Å². The molecule has 0 aliphatic heterocycles. The van der Waals surface area contributed by atoms with E-state index in [4.69, 9.17) is 0 Å². The quantitative estimate of drug-likeness (QED) is 0.521. The summed E-state index contributed by atoms with van der Waals surface area (Å²) in [5.41, 5.74) is 3.25. The van der Waals surface area contributed by atoms with Crippen molar-refractivity contribution in [1.29, 1.82) is 0 Å². The molecule has 0 fully saturated rings. The summed E-state index contributed by atoms with van der Waals surface area (Å²) in [6.45, 7) is 1.84. The van der Waals surface area contributed by atoms with Crippen LogP contribution >= 0.6 is 0 Å². The van der Waals surface area contributed by atoms with Crippen molar-refractivity contribution in [2.75, 3.05) is 0 Å². The Bertz CT molecular complexity index is 945. The van der Waals surface area contributed by atoms with E-state index in [1.807, 2.05) is 13.0 Å². The van der Waals surface area contributed by atoms with Crippen LogP contribution in [0.5, 0.6) is 0 Å². The van der Waals surface area contributed by atoms with Crippen LogP contribution in [0, 0.1) is 36.2 Å². The Hall–Kier alpha value is -2.99. The van der Waals surface area contributed by atoms with Crippen molar-refractivity contribution in [1.82, 2.24) is 0 Å². The Kier molecular flexibility index (Phi) is 4.39. The SMILES string of the molecule is Cc1ccc(-c2ccc(C#Cc3ccc(F)c(F)c3)cc2)c(F)c1. The molecule has 3 aromatic carbocycles. The van der Waals surface area contributed by atoms with Crippen molar-refractivity contribution >= 4 is 0 Å². The average molecular weight is 322 g/mol. The second-order valence-corrected chi connectivity index (χ2v) is 5.44. The van der Waals surface area contributed by atoms with Gasteiger partial charge >= 0.3 is 0 Å². The number of rotatable bonds is 1. The zero-order valence-electron chi connectivity index (χ0n) is 12.9. The minimum atomic E-state index is -0.924. The van der Waals surface area contributed by atoms with Gasteiger partial charge in [-0.15, -0.1) is 0 Å². The largest absolute Gasteiger partial charge is 0.206 e. The highest BCUT2D eigenvalue weighted by atomic mass is 19.2. The van der Waals surface area contributed by atoms with Crippen molar-refractivity contribution in [3.63, 3.8) is 0 Å². The van der Waals surface area contributed by atoms with E-state index in [2.05, 4.69) is 11.8 Å². The standard InChI is InChI=1S/C21H13F3/c1-14-2-10-18(20(23)12-14)17-8-5-15(6-9-17)3-4-16-7-11-19(22)21(24)13-16/h2,5-13H,1H3. The molecule has 0 N–H and O–H groups in total. The van der Waals surface area contributed by atoms with E-state index in [9.17, 15) is 13.2 Å². The second-order valence-electron chi connectivity index (χ2n) is 5.44. The van der Waals surface area contributed by atoms with Gasteiger partial charge in [0.1, 0.15) is 5.82 Å². The van der Waals surface area contributed by atoms with Crippen LogP contribution in [0.15, 0.2) is 60.7 Å². The van der Waals surface area contributed by atoms with Gasteiger partial charge in [0, 0.05) is 16.7 Å². The van der Waals surface area contributed by atoms with Gasteiger partial charge in [-0.25, -0.2) is 13.2 Å². The zero-order chi connectivity index (χ0) is 17.1. The lowest BCUT2D eigenvalue weighted by Crippen LogP contribution is -1.86. The lowest BCUT2D eigenvalue weighted by Gasteiger charge is -2.04. The molecule has 0 nitrogen and oxygen atoms in total. The third kappa shape index (κ3) is 3.49. The highest BCUT2D eigenvalue weighted by Gasteiger charge is 2.05. The topological polar surface area (TPSA) is 0 Å². The van der Waals surface area contributed by atoms with Crippen LogP contribution in [0.4, 0.5) is 13.2 Å². The molecule has 3 heteroatoms. The lowest BCUT2D eigenvalue weighted by atomic mass is 10.0. The minimum absolute atomic E-state index is 0.268. The van der Waals surface area contributed by atoms with Crippen molar-refractivity contribution in [3.05, 3.63) is 94.8 Å². The third-order valence-corrected chi connectivity index (χ3v) is 3.59. The van der Waals surface area contributed by atoms with Crippen LogP contribution in [0.2, 0.25) is 0 Å². The van der Waals surface area contributed by atoms with Gasteiger partial charge in [-0.3, -0.25) is 0 Å². The van der Waals surface area contributed by atoms with E-state index in [1.165, 1.54) is 12.1 Å². The van der Waals surface area contributed by atoms with E-state index >= 15 is 0 Å². The van der Waals surface area contributed by atoms with Gasteiger partial charge in [0.15, 0.2) is 11.6 Å². The molecule has 0 amide bonds. The summed E-state index contributed by atoms with van der Waals surface area (Å²) < 4.78 is 40.0. The second kappa shape index (κ2) is 6.64. The number of halogens is 3. The number of hydrogen-bond acceptors (Lipinski definition) is 0. The summed E-state index contributed by atoms with van der Waals surface area (Å²) in [6, 6.07) is 15.7. The molecule has 24 heavy (non-hydrogen) atoms. The maximum absolute atomic E-state index is 14.0. The summed E-state index contributed by atoms with van der Waals surface area (Å²) in [7, 11) is 0. The summed E-state index contributed by atoms with van der Waals surface area (Å²) in [6.07, 6.45) is 0. The van der Waals surface area contributed by atoms with Crippen LogP contribution in [-0.4, -0.2) is 0 Å². The summed E-state index contributed by atoms with van der Waals surface area (Å²) in [5.74, 6) is 3.56. The first kappa shape index (κ1) is 15.9. The Morgan fingerprint density at radius 2 is 1.29 bits per heavy atom. The molecule has 3 aromatic rings. The maximum atomic E-state index is 14.0. The van der Waals surface area contributed by atoms with Crippen LogP contribution in [0.25, 0.3) is 11.1 Å². The maximum Gasteiger partial charge on any atom is 0.160 e. The van der Waals surface area contributed by atoms with Crippen LogP contribution < -0.4 is 0 Å². The van der Waals surface area contributed by atoms with E-state index in [1.54, 1.807) is 30.3 Å². The number of hydrogen-bond donors (Lipinski definition) is 0. The molecule has 0 bridgehead atoms. The predicted octanol–water partition coefficient (Wildman–Crippen LogP) is 5.48. The van der Waals surface area contributed by atoms with E-state index < -0.39 is 11.6 Å². The first-order valence-electron chi connectivity index (χ1n) is 7.36. The molecule has 0 radical (unpaired) electrons. The molecule has 0 atom stereocenters. The van der Waals surface area contributed by atoms with E-state index in [-0.39, 0.29) is 5.82 Å². The molecule has 0 saturated heterocycles. The fourth-order valence-corrected chi connectivity index (χ4v) is 2.31. The molecular formula is C21H13F3. The first-order chi connectivity index (χ1) is 11.5. The van der Waals surface area contributed by atoms with E-state index in [0.29, 0.717) is 16.7 Å². The van der Waals surface area contributed by atoms with E-state index in [0.717, 1.165) is 23.3 Å². The third-order valence-electron chi connectivity index (χ3n) is 3.59. The fourth-order valence-electron chi connectivity index (χ4n) is 2.31. The monoisotopic (exact) mass is 322 g/mol. The molecular weight excluding hydrogens is 309 g/mol. The highest BCUT2D eigenvalue weighted by molar-refractivity contribution is 5.65. The lowest BCUT2D eigenvalue weighted by molar-refractivity contribution is 0.508. The molecule has 0 unspecified atom stereocenters. The van der Waals surface area contributed by atoms with Gasteiger partial charge in [0.05, 0.1) is 0 Å². The summed E-state index contributed by atoms with van der Waals surface area (Å²) in [4.78, 5) is 0. The van der Waals surface area contributed by atoms with Gasteiger partial charge in [0.2, 0.25) is 0 Å². The summed E-state index contributed by atoms with van der Waals surface area (Å²) in [5, 5.41) is 0. The van der Waals surface area contributed by atoms with Gasteiger partial charge in [-0.2, -0.15) is 0 Å². The van der Waals surface area contributed by atoms with Crippen LogP contribution in [-0.2, 0) is 0 Å². The number of benzene rings is 3. The molecule has 0 aromatic heterocycles. The Labute approximate surface area is 138 Å². The molecule has 3 rings (SSSR count). The fraction of sp³-hybridized carbons (Fsp3) is 0.0476. The van der Waals surface area contributed by atoms with Gasteiger partial charge in [-0.1, -0.05) is 36.1 Å². The minimum Gasteiger partial charge on any atom is -0.206 e. The normalized spacial score (nSPS) is 10.2. The molecule has 0 spiro atoms. The van der Waals surface area contributed by atoms with Gasteiger partial charge < -0.3 is 0 Å². The molecule has 0 saturated carbocycles. The highest BCUT2D eigenvalue weighted by Crippen LogP contribution is 2.23. The van der Waals surface area contributed by atoms with Crippen LogP contribution in [0.3, 0.4) is 0 Å². The van der Waals surface area contributed by atoms with Crippen molar-refractivity contribution in [2.24, 2.45) is 0 Å². The molecule has 0 aliphatic carbocycles. The predicted molar refractivity (Wildman–Crippen MR) is 88.9 cm³/mol. The van der Waals surface area contributed by atoms with Crippen molar-refractivity contribution in [3.8, 4) is 23.0 Å². The Morgan fingerprint density at radius 1 is 0.625 bits per heavy atom. The smallest absolute Gasteiger partial charge is 0.160 e. The van der Waals surface area contributed by atoms with Crippen molar-refractivity contribution in [2.45, 2.75) is 6.92 Å². The first-order valence-corrected chi connectivity index (χ1v) is 7.36. The van der Waals surface area contributed by atoms with Gasteiger partial charge in [-0.05, 0) is 54.4 Å². The average Bonchev–Trinajstić information content (AvgIpc) is 2.57. The Morgan fingerprint density at radius 3 is 1.96 bits per heavy atom. The molecule has 0 heterocycles. The molecule has 0 aliphatic rings. The molecule has 118 valence electrons. The summed E-state index contributed by atoms with van der Waals surface area (Å²) >= 11 is 0. The number of aryl methyl sites for hydroxylation is 1.